The first-order valence-electron chi connectivity index (χ1n) is 13.6. The number of amides is 3. The van der Waals surface area contributed by atoms with Crippen molar-refractivity contribution in [1.29, 1.82) is 0 Å². The molecule has 1 N–H and O–H groups in total. The summed E-state index contributed by atoms with van der Waals surface area (Å²) in [4.78, 5) is 47.6. The zero-order valence-electron chi connectivity index (χ0n) is 23.7. The van der Waals surface area contributed by atoms with Crippen LogP contribution in [0.3, 0.4) is 0 Å². The normalized spacial score (nSPS) is 28.8. The average molecular weight is 534 g/mol. The molecule has 3 heterocycles. The molecule has 3 aliphatic rings. The van der Waals surface area contributed by atoms with Crippen LogP contribution in [-0.4, -0.2) is 92.4 Å². The molecule has 1 spiro atoms. The van der Waals surface area contributed by atoms with Crippen LogP contribution in [0.25, 0.3) is 0 Å². The Morgan fingerprint density at radius 3 is 2.35 bits per heavy atom. The molecule has 3 aliphatic heterocycles. The summed E-state index contributed by atoms with van der Waals surface area (Å²) in [6, 6.07) is -0.625. The third-order valence-corrected chi connectivity index (χ3v) is 10.1. The third kappa shape index (κ3) is 5.51. The van der Waals surface area contributed by atoms with E-state index in [9.17, 15) is 19.5 Å². The van der Waals surface area contributed by atoms with E-state index in [0.29, 0.717) is 32.5 Å². The number of aliphatic hydroxyl groups is 1. The van der Waals surface area contributed by atoms with Crippen molar-refractivity contribution in [3.05, 3.63) is 25.3 Å². The van der Waals surface area contributed by atoms with Crippen LogP contribution in [0.4, 0.5) is 0 Å². The summed E-state index contributed by atoms with van der Waals surface area (Å²) in [5.41, 5.74) is -0.442. The first-order chi connectivity index (χ1) is 17.3. The Kier molecular flexibility index (Phi) is 8.95. The van der Waals surface area contributed by atoms with Gasteiger partial charge in [0.1, 0.15) is 6.04 Å². The Bertz CT molecular complexity index is 913. The molecule has 3 amide bonds. The largest absolute Gasteiger partial charge is 0.396 e. The van der Waals surface area contributed by atoms with E-state index >= 15 is 0 Å². The highest BCUT2D eigenvalue weighted by Crippen LogP contribution is 2.66. The van der Waals surface area contributed by atoms with Crippen LogP contribution in [0.2, 0.25) is 0 Å². The SMILES string of the molecule is C=CCN(C)C(=O)[C@@H]1[C@H]2C(=O)N(CCCCO)C(C(=O)N(CC=C)C(C)(C)CC(C)(C)C)C23CC[C@H]1S3. The van der Waals surface area contributed by atoms with Gasteiger partial charge < -0.3 is 19.8 Å². The van der Waals surface area contributed by atoms with Crippen molar-refractivity contribution >= 4 is 29.5 Å². The van der Waals surface area contributed by atoms with Crippen LogP contribution in [0.1, 0.15) is 66.7 Å². The Balaban J connectivity index is 2.05. The van der Waals surface area contributed by atoms with Crippen LogP contribution in [-0.2, 0) is 14.4 Å². The van der Waals surface area contributed by atoms with Gasteiger partial charge in [0.05, 0.1) is 16.6 Å². The quantitative estimate of drug-likeness (QED) is 0.305. The van der Waals surface area contributed by atoms with Gasteiger partial charge in [-0.05, 0) is 51.4 Å². The van der Waals surface area contributed by atoms with Crippen molar-refractivity contribution in [1.82, 2.24) is 14.7 Å². The van der Waals surface area contributed by atoms with Gasteiger partial charge in [0, 0.05) is 44.1 Å². The first kappa shape index (κ1) is 29.8. The van der Waals surface area contributed by atoms with Crippen LogP contribution in [0.5, 0.6) is 0 Å². The molecule has 3 rings (SSSR count). The van der Waals surface area contributed by atoms with Crippen LogP contribution < -0.4 is 0 Å². The van der Waals surface area contributed by atoms with E-state index < -0.39 is 28.2 Å². The second-order valence-electron chi connectivity index (χ2n) is 12.8. The molecule has 0 aromatic heterocycles. The summed E-state index contributed by atoms with van der Waals surface area (Å²) in [5, 5.41) is 9.43. The van der Waals surface area contributed by atoms with Gasteiger partial charge in [-0.25, -0.2) is 0 Å². The van der Waals surface area contributed by atoms with E-state index in [1.54, 1.807) is 40.8 Å². The molecule has 37 heavy (non-hydrogen) atoms. The molecule has 5 atom stereocenters. The molecule has 0 aromatic rings. The average Bonchev–Trinajstić information content (AvgIpc) is 3.43. The van der Waals surface area contributed by atoms with Gasteiger partial charge in [0.2, 0.25) is 17.7 Å². The summed E-state index contributed by atoms with van der Waals surface area (Å²) < 4.78 is -0.607. The lowest BCUT2D eigenvalue weighted by molar-refractivity contribution is -0.147. The predicted octanol–water partition coefficient (Wildman–Crippen LogP) is 3.72. The number of fused-ring (bicyclic) bond motifs is 1. The number of nitrogens with zero attached hydrogens (tertiary/aromatic N) is 3. The van der Waals surface area contributed by atoms with Crippen molar-refractivity contribution < 1.29 is 19.5 Å². The molecule has 0 radical (unpaired) electrons. The van der Waals surface area contributed by atoms with Gasteiger partial charge in [0.25, 0.3) is 0 Å². The lowest BCUT2D eigenvalue weighted by Crippen LogP contribution is -2.60. The van der Waals surface area contributed by atoms with Crippen molar-refractivity contribution in [2.45, 2.75) is 88.3 Å². The molecular weight excluding hydrogens is 486 g/mol. The fourth-order valence-electron chi connectivity index (χ4n) is 7.19. The van der Waals surface area contributed by atoms with E-state index in [-0.39, 0.29) is 35.0 Å². The van der Waals surface area contributed by atoms with E-state index in [1.165, 1.54) is 0 Å². The lowest BCUT2D eigenvalue weighted by atomic mass is 9.70. The Labute approximate surface area is 227 Å². The molecule has 0 saturated carbocycles. The second-order valence-corrected chi connectivity index (χ2v) is 14.4. The predicted molar refractivity (Wildman–Crippen MR) is 150 cm³/mol. The topological polar surface area (TPSA) is 81.2 Å². The number of rotatable bonds is 12. The maximum Gasteiger partial charge on any atom is 0.247 e. The summed E-state index contributed by atoms with van der Waals surface area (Å²) in [7, 11) is 1.76. The molecule has 2 unspecified atom stereocenters. The number of likely N-dealkylation sites (tertiary alicyclic amines) is 1. The Morgan fingerprint density at radius 1 is 1.14 bits per heavy atom. The summed E-state index contributed by atoms with van der Waals surface area (Å²) in [6.07, 6.45) is 7.02. The van der Waals surface area contributed by atoms with Gasteiger partial charge in [0.15, 0.2) is 0 Å². The van der Waals surface area contributed by atoms with Crippen molar-refractivity contribution in [3.8, 4) is 0 Å². The Morgan fingerprint density at radius 2 is 1.78 bits per heavy atom. The number of carbonyl (C=O) groups is 3. The van der Waals surface area contributed by atoms with Gasteiger partial charge in [-0.1, -0.05) is 32.9 Å². The highest BCUT2D eigenvalue weighted by Gasteiger charge is 2.74. The van der Waals surface area contributed by atoms with Crippen molar-refractivity contribution in [3.63, 3.8) is 0 Å². The minimum atomic E-state index is -0.625. The zero-order chi connectivity index (χ0) is 27.8. The molecule has 3 fully saturated rings. The maximum atomic E-state index is 14.6. The molecule has 0 aromatic carbocycles. The highest BCUT2D eigenvalue weighted by atomic mass is 32.2. The van der Waals surface area contributed by atoms with Crippen molar-refractivity contribution in [2.24, 2.45) is 17.3 Å². The summed E-state index contributed by atoms with van der Waals surface area (Å²) in [5.74, 6) is -1.09. The number of likely N-dealkylation sites (N-methyl/N-ethyl adjacent to an activating group) is 1. The second kappa shape index (κ2) is 11.1. The summed E-state index contributed by atoms with van der Waals surface area (Å²) in [6.45, 7) is 19.7. The molecular formula is C29H47N3O4S. The molecule has 2 bridgehead atoms. The molecule has 3 saturated heterocycles. The Hall–Kier alpha value is -1.80. The molecule has 208 valence electrons. The van der Waals surface area contributed by atoms with E-state index in [1.807, 2.05) is 4.90 Å². The summed E-state index contributed by atoms with van der Waals surface area (Å²) >= 11 is 1.71. The standard InChI is InChI=1S/C29H47N3O4S/c1-9-15-30(8)24(34)21-20-13-14-29(37-20)22(21)25(35)31(17-11-12-18-33)23(29)26(36)32(16-10-2)28(6,7)19-27(3,4)5/h9-10,20-23,33H,1-2,11-19H2,3-8H3/t20-,21+,22+,23?,29?/m1/s1. The van der Waals surface area contributed by atoms with Gasteiger partial charge in [-0.15, -0.1) is 24.9 Å². The van der Waals surface area contributed by atoms with Crippen molar-refractivity contribution in [2.75, 3.05) is 33.3 Å². The molecule has 0 aliphatic carbocycles. The smallest absolute Gasteiger partial charge is 0.247 e. The number of aliphatic hydroxyl groups excluding tert-OH is 1. The van der Waals surface area contributed by atoms with Crippen LogP contribution in [0, 0.1) is 17.3 Å². The monoisotopic (exact) mass is 533 g/mol. The number of hydrogen-bond acceptors (Lipinski definition) is 5. The molecule has 7 nitrogen and oxygen atoms in total. The van der Waals surface area contributed by atoms with E-state index in [2.05, 4.69) is 47.8 Å². The first-order valence-corrected chi connectivity index (χ1v) is 14.5. The third-order valence-electron chi connectivity index (χ3n) is 8.18. The number of hydrogen-bond donors (Lipinski definition) is 1. The highest BCUT2D eigenvalue weighted by molar-refractivity contribution is 8.02. The minimum absolute atomic E-state index is 0.00411. The fraction of sp³-hybridized carbons (Fsp3) is 0.759. The maximum absolute atomic E-state index is 14.6. The zero-order valence-corrected chi connectivity index (χ0v) is 24.5. The van der Waals surface area contributed by atoms with Crippen LogP contribution >= 0.6 is 11.8 Å². The minimum Gasteiger partial charge on any atom is -0.396 e. The lowest BCUT2D eigenvalue weighted by Gasteiger charge is -2.46. The van der Waals surface area contributed by atoms with E-state index in [4.69, 9.17) is 0 Å². The van der Waals surface area contributed by atoms with Gasteiger partial charge >= 0.3 is 0 Å². The molecule has 8 heteroatoms. The number of thioether (sulfide) groups is 1. The van der Waals surface area contributed by atoms with Gasteiger partial charge in [-0.2, -0.15) is 0 Å². The van der Waals surface area contributed by atoms with Crippen LogP contribution in [0.15, 0.2) is 25.3 Å². The number of unbranched alkanes of at least 4 members (excludes halogenated alkanes) is 1. The number of carbonyl (C=O) groups excluding carboxylic acids is 3. The van der Waals surface area contributed by atoms with Gasteiger partial charge in [-0.3, -0.25) is 14.4 Å². The fourth-order valence-corrected chi connectivity index (χ4v) is 9.40. The van der Waals surface area contributed by atoms with E-state index in [0.717, 1.165) is 19.3 Å².